The van der Waals surface area contributed by atoms with Crippen molar-refractivity contribution >= 4 is 5.91 Å². The van der Waals surface area contributed by atoms with Gasteiger partial charge in [0, 0.05) is 13.2 Å². The van der Waals surface area contributed by atoms with Gasteiger partial charge in [0.05, 0.1) is 13.2 Å². The Balaban J connectivity index is 1.91. The number of carbonyl (C=O) groups is 1. The predicted octanol–water partition coefficient (Wildman–Crippen LogP) is 2.24. The van der Waals surface area contributed by atoms with Gasteiger partial charge in [-0.05, 0) is 18.9 Å². The molecule has 4 nitrogen and oxygen atoms in total. The Morgan fingerprint density at radius 3 is 2.75 bits per heavy atom. The maximum atomic E-state index is 12.0. The Bertz CT molecular complexity index is 431. The molecule has 1 N–H and O–H groups in total. The van der Waals surface area contributed by atoms with E-state index in [1.54, 1.807) is 0 Å². The van der Waals surface area contributed by atoms with Crippen LogP contribution < -0.4 is 5.32 Å². The van der Waals surface area contributed by atoms with Gasteiger partial charge in [-0.1, -0.05) is 43.2 Å². The Kier molecular flexibility index (Phi) is 5.56. The molecule has 2 rings (SSSR count). The molecule has 110 valence electrons. The summed E-state index contributed by atoms with van der Waals surface area (Å²) in [6.45, 7) is 6.65. The molecule has 0 radical (unpaired) electrons. The number of benzene rings is 1. The van der Waals surface area contributed by atoms with E-state index in [4.69, 9.17) is 4.74 Å². The van der Waals surface area contributed by atoms with E-state index in [-0.39, 0.29) is 12.1 Å². The van der Waals surface area contributed by atoms with Crippen LogP contribution in [0.25, 0.3) is 0 Å². The summed E-state index contributed by atoms with van der Waals surface area (Å²) < 4.78 is 5.57. The van der Waals surface area contributed by atoms with Gasteiger partial charge in [-0.3, -0.25) is 10.1 Å². The average Bonchev–Trinajstić information content (AvgIpc) is 2.81. The minimum atomic E-state index is -0.0159. The normalized spacial score (nSPS) is 18.8. The molecule has 0 saturated carbocycles. The smallest absolute Gasteiger partial charge is 0.238 e. The zero-order valence-corrected chi connectivity index (χ0v) is 12.4. The number of aryl methyl sites for hydroxylation is 1. The van der Waals surface area contributed by atoms with Crippen LogP contribution in [-0.4, -0.2) is 37.1 Å². The zero-order chi connectivity index (χ0) is 14.4. The van der Waals surface area contributed by atoms with Crippen LogP contribution >= 0.6 is 0 Å². The molecule has 0 spiro atoms. The molecule has 1 atom stereocenters. The average molecular weight is 276 g/mol. The highest BCUT2D eigenvalue weighted by Gasteiger charge is 2.30. The summed E-state index contributed by atoms with van der Waals surface area (Å²) in [6.07, 6.45) is 2.20. The minimum Gasteiger partial charge on any atom is -0.380 e. The molecule has 1 unspecified atom stereocenters. The van der Waals surface area contributed by atoms with Gasteiger partial charge in [0.15, 0.2) is 0 Å². The van der Waals surface area contributed by atoms with E-state index < -0.39 is 0 Å². The van der Waals surface area contributed by atoms with Gasteiger partial charge in [-0.15, -0.1) is 0 Å². The summed E-state index contributed by atoms with van der Waals surface area (Å²) in [5, 5.41) is 3.27. The lowest BCUT2D eigenvalue weighted by atomic mass is 10.1. The number of amides is 1. The van der Waals surface area contributed by atoms with Crippen molar-refractivity contribution in [2.45, 2.75) is 32.9 Å². The number of unbranched alkanes of at least 4 members (excludes halogenated alkanes) is 1. The second kappa shape index (κ2) is 7.41. The molecule has 1 aliphatic heterocycles. The summed E-state index contributed by atoms with van der Waals surface area (Å²) in [6, 6.07) is 8.32. The third-order valence-electron chi connectivity index (χ3n) is 3.59. The van der Waals surface area contributed by atoms with E-state index in [9.17, 15) is 4.79 Å². The van der Waals surface area contributed by atoms with Crippen LogP contribution in [0.3, 0.4) is 0 Å². The Morgan fingerprint density at radius 1 is 1.30 bits per heavy atom. The highest BCUT2D eigenvalue weighted by molar-refractivity contribution is 5.80. The highest BCUT2D eigenvalue weighted by Crippen LogP contribution is 2.22. The molecular formula is C16H24N2O2. The molecule has 1 amide bonds. The maximum absolute atomic E-state index is 12.0. The van der Waals surface area contributed by atoms with Crippen LogP contribution in [0.4, 0.5) is 0 Å². The summed E-state index contributed by atoms with van der Waals surface area (Å²) in [7, 11) is 0. The molecule has 0 bridgehead atoms. The number of hydrogen-bond acceptors (Lipinski definition) is 3. The minimum absolute atomic E-state index is 0.0159. The quantitative estimate of drug-likeness (QED) is 0.777. The molecular weight excluding hydrogens is 252 g/mol. The number of rotatable bonds is 7. The van der Waals surface area contributed by atoms with Crippen LogP contribution in [0.1, 0.15) is 37.1 Å². The Hall–Kier alpha value is -1.39. The van der Waals surface area contributed by atoms with Crippen molar-refractivity contribution in [2.75, 3.05) is 26.3 Å². The number of nitrogens with one attached hydrogen (secondary N) is 1. The van der Waals surface area contributed by atoms with Gasteiger partial charge < -0.3 is 9.64 Å². The number of ether oxygens (including phenoxy) is 1. The summed E-state index contributed by atoms with van der Waals surface area (Å²) in [4.78, 5) is 13.8. The molecule has 1 saturated heterocycles. The lowest BCUT2D eigenvalue weighted by molar-refractivity contribution is -0.128. The first-order valence-corrected chi connectivity index (χ1v) is 7.39. The first kappa shape index (κ1) is 15.0. The van der Waals surface area contributed by atoms with Crippen molar-refractivity contribution in [3.05, 3.63) is 35.4 Å². The van der Waals surface area contributed by atoms with Crippen molar-refractivity contribution in [2.24, 2.45) is 0 Å². The maximum Gasteiger partial charge on any atom is 0.238 e. The molecule has 1 aromatic rings. The Labute approximate surface area is 121 Å². The third-order valence-corrected chi connectivity index (χ3v) is 3.59. The second-order valence-electron chi connectivity index (χ2n) is 5.25. The monoisotopic (exact) mass is 276 g/mol. The molecule has 1 aromatic carbocycles. The van der Waals surface area contributed by atoms with E-state index in [1.165, 1.54) is 5.56 Å². The van der Waals surface area contributed by atoms with Crippen molar-refractivity contribution in [3.8, 4) is 0 Å². The SMILES string of the molecule is CCCCOCCN1C(=O)CNC1c1ccc(C)cc1. The summed E-state index contributed by atoms with van der Waals surface area (Å²) in [5.41, 5.74) is 2.36. The lowest BCUT2D eigenvalue weighted by Gasteiger charge is -2.24. The van der Waals surface area contributed by atoms with Crippen LogP contribution in [0.2, 0.25) is 0 Å². The number of nitrogens with zero attached hydrogens (tertiary/aromatic N) is 1. The molecule has 1 heterocycles. The van der Waals surface area contributed by atoms with Gasteiger partial charge >= 0.3 is 0 Å². The van der Waals surface area contributed by atoms with Gasteiger partial charge in [0.2, 0.25) is 5.91 Å². The predicted molar refractivity (Wildman–Crippen MR) is 79.4 cm³/mol. The summed E-state index contributed by atoms with van der Waals surface area (Å²) >= 11 is 0. The van der Waals surface area contributed by atoms with Crippen molar-refractivity contribution in [3.63, 3.8) is 0 Å². The first-order chi connectivity index (χ1) is 9.72. The fourth-order valence-electron chi connectivity index (χ4n) is 2.35. The van der Waals surface area contributed by atoms with E-state index in [0.29, 0.717) is 19.7 Å². The fraction of sp³-hybridized carbons (Fsp3) is 0.562. The van der Waals surface area contributed by atoms with Crippen molar-refractivity contribution < 1.29 is 9.53 Å². The molecule has 1 fully saturated rings. The standard InChI is InChI=1S/C16H24N2O2/c1-3-4-10-20-11-9-18-15(19)12-17-16(18)14-7-5-13(2)6-8-14/h5-8,16-17H,3-4,9-12H2,1-2H3. The van der Waals surface area contributed by atoms with Crippen LogP contribution in [0, 0.1) is 6.92 Å². The topological polar surface area (TPSA) is 41.6 Å². The molecule has 0 aliphatic carbocycles. The zero-order valence-electron chi connectivity index (χ0n) is 12.4. The third kappa shape index (κ3) is 3.81. The second-order valence-corrected chi connectivity index (χ2v) is 5.25. The summed E-state index contributed by atoms with van der Waals surface area (Å²) in [5.74, 6) is 0.148. The van der Waals surface area contributed by atoms with Crippen molar-refractivity contribution in [1.82, 2.24) is 10.2 Å². The fourth-order valence-corrected chi connectivity index (χ4v) is 2.35. The van der Waals surface area contributed by atoms with Crippen LogP contribution in [0.15, 0.2) is 24.3 Å². The van der Waals surface area contributed by atoms with Crippen LogP contribution in [0.5, 0.6) is 0 Å². The molecule has 4 heteroatoms. The molecule has 20 heavy (non-hydrogen) atoms. The van der Waals surface area contributed by atoms with E-state index in [0.717, 1.165) is 25.0 Å². The van der Waals surface area contributed by atoms with Gasteiger partial charge in [-0.2, -0.15) is 0 Å². The first-order valence-electron chi connectivity index (χ1n) is 7.39. The van der Waals surface area contributed by atoms with E-state index in [1.807, 2.05) is 4.90 Å². The van der Waals surface area contributed by atoms with Crippen LogP contribution in [-0.2, 0) is 9.53 Å². The van der Waals surface area contributed by atoms with Gasteiger partial charge in [0.1, 0.15) is 6.17 Å². The lowest BCUT2D eigenvalue weighted by Crippen LogP contribution is -2.33. The largest absolute Gasteiger partial charge is 0.380 e. The van der Waals surface area contributed by atoms with E-state index in [2.05, 4.69) is 43.4 Å². The van der Waals surface area contributed by atoms with Gasteiger partial charge in [-0.25, -0.2) is 0 Å². The molecule has 1 aliphatic rings. The van der Waals surface area contributed by atoms with Crippen molar-refractivity contribution in [1.29, 1.82) is 0 Å². The molecule has 0 aromatic heterocycles. The Morgan fingerprint density at radius 2 is 2.05 bits per heavy atom. The number of hydrogen-bond donors (Lipinski definition) is 1. The highest BCUT2D eigenvalue weighted by atomic mass is 16.5. The van der Waals surface area contributed by atoms with Gasteiger partial charge in [0.25, 0.3) is 0 Å². The number of carbonyl (C=O) groups excluding carboxylic acids is 1. The van der Waals surface area contributed by atoms with E-state index >= 15 is 0 Å².